The molecule has 1 heterocycles. The van der Waals surface area contributed by atoms with E-state index in [1.54, 1.807) is 41.7 Å². The van der Waals surface area contributed by atoms with Gasteiger partial charge in [-0.3, -0.25) is 4.79 Å². The van der Waals surface area contributed by atoms with Crippen LogP contribution >= 0.6 is 11.3 Å². The normalized spacial score (nSPS) is 10.6. The maximum Gasteiger partial charge on any atom is 0.322 e. The van der Waals surface area contributed by atoms with E-state index in [0.717, 1.165) is 23.6 Å². The van der Waals surface area contributed by atoms with E-state index < -0.39 is 0 Å². The summed E-state index contributed by atoms with van der Waals surface area (Å²) in [5, 5.41) is 8.20. The molecule has 0 radical (unpaired) electrons. The van der Waals surface area contributed by atoms with E-state index in [2.05, 4.69) is 22.5 Å². The van der Waals surface area contributed by atoms with Crippen molar-refractivity contribution in [3.8, 4) is 5.75 Å². The molecule has 0 saturated heterocycles. The zero-order valence-electron chi connectivity index (χ0n) is 16.8. The van der Waals surface area contributed by atoms with Gasteiger partial charge in [0.15, 0.2) is 0 Å². The average molecular weight is 405 g/mol. The van der Waals surface area contributed by atoms with Crippen LogP contribution in [0.3, 0.4) is 0 Å². The summed E-state index contributed by atoms with van der Waals surface area (Å²) in [4.78, 5) is 30.9. The number of nitrogens with zero attached hydrogens (tertiary/aromatic N) is 2. The molecule has 2 N–H and O–H groups in total. The molecule has 0 aliphatic carbocycles. The minimum Gasteiger partial charge on any atom is -0.497 e. The molecule has 2 rings (SSSR count). The average Bonchev–Trinajstić information content (AvgIpc) is 3.15. The van der Waals surface area contributed by atoms with Gasteiger partial charge in [0, 0.05) is 23.7 Å². The molecule has 0 unspecified atom stereocenters. The van der Waals surface area contributed by atoms with Crippen molar-refractivity contribution in [1.29, 1.82) is 0 Å². The van der Waals surface area contributed by atoms with Gasteiger partial charge in [-0.15, -0.1) is 11.3 Å². The molecule has 0 aliphatic heterocycles. The van der Waals surface area contributed by atoms with Gasteiger partial charge >= 0.3 is 6.03 Å². The number of hydrogen-bond acceptors (Lipinski definition) is 5. The zero-order valence-corrected chi connectivity index (χ0v) is 17.6. The van der Waals surface area contributed by atoms with Crippen molar-refractivity contribution >= 4 is 29.0 Å². The van der Waals surface area contributed by atoms with Gasteiger partial charge < -0.3 is 20.3 Å². The third-order valence-corrected chi connectivity index (χ3v) is 4.96. The van der Waals surface area contributed by atoms with Gasteiger partial charge in [-0.1, -0.05) is 13.3 Å². The molecule has 0 fully saturated rings. The highest BCUT2D eigenvalue weighted by Gasteiger charge is 2.20. The molecular formula is C20H28N4O3S. The van der Waals surface area contributed by atoms with E-state index in [9.17, 15) is 9.59 Å². The number of benzene rings is 1. The van der Waals surface area contributed by atoms with Crippen LogP contribution in [0.2, 0.25) is 0 Å². The molecule has 28 heavy (non-hydrogen) atoms. The number of anilines is 1. The predicted molar refractivity (Wildman–Crippen MR) is 112 cm³/mol. The van der Waals surface area contributed by atoms with Crippen molar-refractivity contribution in [3.05, 3.63) is 40.3 Å². The van der Waals surface area contributed by atoms with Crippen molar-refractivity contribution in [2.45, 2.75) is 46.2 Å². The first-order valence-corrected chi connectivity index (χ1v) is 10.3. The molecule has 2 aromatic rings. The van der Waals surface area contributed by atoms with Crippen LogP contribution in [0.1, 0.15) is 49.1 Å². The van der Waals surface area contributed by atoms with Crippen molar-refractivity contribution in [3.63, 3.8) is 0 Å². The number of carbonyl (C=O) groups excluding carboxylic acids is 2. The first kappa shape index (κ1) is 21.7. The highest BCUT2D eigenvalue weighted by atomic mass is 32.1. The molecule has 0 spiro atoms. The summed E-state index contributed by atoms with van der Waals surface area (Å²) in [6, 6.07) is 6.92. The van der Waals surface area contributed by atoms with Gasteiger partial charge in [-0.2, -0.15) is 0 Å². The molecule has 0 bridgehead atoms. The minimum absolute atomic E-state index is 0.0241. The number of unbranched alkanes of at least 4 members (excludes halogenated alkanes) is 1. The third kappa shape index (κ3) is 6.23. The van der Waals surface area contributed by atoms with Crippen molar-refractivity contribution < 1.29 is 14.3 Å². The molecule has 0 saturated carbocycles. The highest BCUT2D eigenvalue weighted by Crippen LogP contribution is 2.18. The van der Waals surface area contributed by atoms with E-state index in [4.69, 9.17) is 4.74 Å². The smallest absolute Gasteiger partial charge is 0.322 e. The van der Waals surface area contributed by atoms with E-state index in [-0.39, 0.29) is 18.0 Å². The van der Waals surface area contributed by atoms with Crippen molar-refractivity contribution in [2.75, 3.05) is 19.0 Å². The summed E-state index contributed by atoms with van der Waals surface area (Å²) >= 11 is 1.38. The lowest BCUT2D eigenvalue weighted by Crippen LogP contribution is -2.39. The number of urea groups is 1. The molecule has 0 atom stereocenters. The second kappa shape index (κ2) is 10.7. The molecule has 1 aromatic heterocycles. The lowest BCUT2D eigenvalue weighted by Gasteiger charge is -2.26. The van der Waals surface area contributed by atoms with E-state index >= 15 is 0 Å². The number of methoxy groups -OCH3 is 1. The lowest BCUT2D eigenvalue weighted by atomic mass is 10.3. The number of carbonyl (C=O) groups is 2. The van der Waals surface area contributed by atoms with Crippen LogP contribution in [-0.4, -0.2) is 41.5 Å². The SMILES string of the molecule is CCCCNC(=O)c1csc(CN(C(=O)Nc2ccc(OC)cc2)C(C)C)n1. The Balaban J connectivity index is 2.00. The zero-order chi connectivity index (χ0) is 20.5. The highest BCUT2D eigenvalue weighted by molar-refractivity contribution is 7.09. The summed E-state index contributed by atoms with van der Waals surface area (Å²) in [7, 11) is 1.60. The van der Waals surface area contributed by atoms with Gasteiger partial charge in [0.1, 0.15) is 16.5 Å². The number of hydrogen-bond donors (Lipinski definition) is 2. The van der Waals surface area contributed by atoms with Crippen LogP contribution in [0.4, 0.5) is 10.5 Å². The van der Waals surface area contributed by atoms with E-state index in [1.165, 1.54) is 11.3 Å². The van der Waals surface area contributed by atoms with Crippen molar-refractivity contribution in [2.24, 2.45) is 0 Å². The maximum absolute atomic E-state index is 12.7. The Bertz CT molecular complexity index is 774. The van der Waals surface area contributed by atoms with Gasteiger partial charge in [-0.25, -0.2) is 9.78 Å². The quantitative estimate of drug-likeness (QED) is 0.616. The third-order valence-electron chi connectivity index (χ3n) is 4.13. The Labute approximate surface area is 170 Å². The van der Waals surface area contributed by atoms with E-state index in [1.807, 2.05) is 13.8 Å². The molecule has 7 nitrogen and oxygen atoms in total. The first-order valence-electron chi connectivity index (χ1n) is 9.38. The van der Waals surface area contributed by atoms with Crippen LogP contribution < -0.4 is 15.4 Å². The number of thiazole rings is 1. The van der Waals surface area contributed by atoms with E-state index in [0.29, 0.717) is 24.5 Å². The summed E-state index contributed by atoms with van der Waals surface area (Å²) < 4.78 is 5.13. The second-order valence-electron chi connectivity index (χ2n) is 6.62. The van der Waals surface area contributed by atoms with Crippen LogP contribution in [0, 0.1) is 0 Å². The Hall–Kier alpha value is -2.61. The van der Waals surface area contributed by atoms with Crippen LogP contribution in [0.25, 0.3) is 0 Å². The summed E-state index contributed by atoms with van der Waals surface area (Å²) in [6.07, 6.45) is 1.96. The first-order chi connectivity index (χ1) is 13.4. The Morgan fingerprint density at radius 1 is 1.25 bits per heavy atom. The number of aromatic nitrogens is 1. The Morgan fingerprint density at radius 2 is 1.96 bits per heavy atom. The fourth-order valence-electron chi connectivity index (χ4n) is 2.46. The van der Waals surface area contributed by atoms with Crippen molar-refractivity contribution in [1.82, 2.24) is 15.2 Å². The molecule has 1 aromatic carbocycles. The van der Waals surface area contributed by atoms with Crippen LogP contribution in [0.5, 0.6) is 5.75 Å². The number of ether oxygens (including phenoxy) is 1. The fraction of sp³-hybridized carbons (Fsp3) is 0.450. The number of amides is 3. The molecular weight excluding hydrogens is 376 g/mol. The minimum atomic E-state index is -0.218. The van der Waals surface area contributed by atoms with Gasteiger partial charge in [-0.05, 0) is 44.5 Å². The largest absolute Gasteiger partial charge is 0.497 e. The Morgan fingerprint density at radius 3 is 2.57 bits per heavy atom. The molecule has 0 aliphatic rings. The molecule has 152 valence electrons. The predicted octanol–water partition coefficient (Wildman–Crippen LogP) is 4.12. The molecule has 8 heteroatoms. The van der Waals surface area contributed by atoms with Gasteiger partial charge in [0.05, 0.1) is 13.7 Å². The second-order valence-corrected chi connectivity index (χ2v) is 7.56. The van der Waals surface area contributed by atoms with Gasteiger partial charge in [0.25, 0.3) is 5.91 Å². The molecule has 3 amide bonds. The number of rotatable bonds is 9. The number of nitrogens with one attached hydrogen (secondary N) is 2. The van der Waals surface area contributed by atoms with Crippen LogP contribution in [-0.2, 0) is 6.54 Å². The van der Waals surface area contributed by atoms with Gasteiger partial charge in [0.2, 0.25) is 0 Å². The topological polar surface area (TPSA) is 83.6 Å². The fourth-order valence-corrected chi connectivity index (χ4v) is 3.23. The summed E-state index contributed by atoms with van der Waals surface area (Å²) in [6.45, 7) is 6.95. The Kier molecular flexibility index (Phi) is 8.25. The monoisotopic (exact) mass is 404 g/mol. The summed E-state index contributed by atoms with van der Waals surface area (Å²) in [5.41, 5.74) is 1.09. The van der Waals surface area contributed by atoms with Crippen LogP contribution in [0.15, 0.2) is 29.6 Å². The standard InChI is InChI=1S/C20H28N4O3S/c1-5-6-11-21-19(25)17-13-28-18(23-17)12-24(14(2)3)20(26)22-15-7-9-16(27-4)10-8-15/h7-10,13-14H,5-6,11-12H2,1-4H3,(H,21,25)(H,22,26). The maximum atomic E-state index is 12.7. The lowest BCUT2D eigenvalue weighted by molar-refractivity contribution is 0.0948. The summed E-state index contributed by atoms with van der Waals surface area (Å²) in [5.74, 6) is 0.556.